The lowest BCUT2D eigenvalue weighted by atomic mass is 9.89. The van der Waals surface area contributed by atoms with Crippen LogP contribution in [0.2, 0.25) is 0 Å². The van der Waals surface area contributed by atoms with Crippen molar-refractivity contribution >= 4 is 5.91 Å². The topological polar surface area (TPSA) is 20.3 Å². The summed E-state index contributed by atoms with van der Waals surface area (Å²) in [5.74, 6) is 1.37. The predicted octanol–water partition coefficient (Wildman–Crippen LogP) is 2.43. The molecule has 2 aliphatic carbocycles. The normalized spacial score (nSPS) is 32.7. The van der Waals surface area contributed by atoms with Gasteiger partial charge in [-0.05, 0) is 38.0 Å². The molecule has 1 amide bonds. The standard InChI is InChI=1S/C12H21NO/c1-9-5-3-8-11(9)12(14)13(2)10-6-4-7-10/h9-11H,3-8H2,1-2H3. The summed E-state index contributed by atoms with van der Waals surface area (Å²) >= 11 is 0. The van der Waals surface area contributed by atoms with Crippen molar-refractivity contribution in [3.05, 3.63) is 0 Å². The molecule has 0 N–H and O–H groups in total. The van der Waals surface area contributed by atoms with Gasteiger partial charge < -0.3 is 4.90 Å². The largest absolute Gasteiger partial charge is 0.343 e. The molecule has 0 aromatic rings. The molecule has 0 saturated heterocycles. The third-order valence-electron chi connectivity index (χ3n) is 4.15. The van der Waals surface area contributed by atoms with Gasteiger partial charge in [0.05, 0.1) is 0 Å². The van der Waals surface area contributed by atoms with E-state index in [0.717, 1.165) is 6.42 Å². The maximum absolute atomic E-state index is 12.1. The summed E-state index contributed by atoms with van der Waals surface area (Å²) in [6, 6.07) is 0.565. The fraction of sp³-hybridized carbons (Fsp3) is 0.917. The van der Waals surface area contributed by atoms with E-state index in [2.05, 4.69) is 6.92 Å². The average molecular weight is 195 g/mol. The molecule has 0 radical (unpaired) electrons. The van der Waals surface area contributed by atoms with E-state index in [1.807, 2.05) is 11.9 Å². The molecule has 2 unspecified atom stereocenters. The van der Waals surface area contributed by atoms with Crippen LogP contribution in [-0.2, 0) is 4.79 Å². The molecule has 14 heavy (non-hydrogen) atoms. The van der Waals surface area contributed by atoms with Crippen molar-refractivity contribution in [3.63, 3.8) is 0 Å². The Labute approximate surface area is 86.7 Å². The zero-order valence-electron chi connectivity index (χ0n) is 9.33. The van der Waals surface area contributed by atoms with Gasteiger partial charge in [0.25, 0.3) is 0 Å². The van der Waals surface area contributed by atoms with Gasteiger partial charge in [-0.3, -0.25) is 4.79 Å². The van der Waals surface area contributed by atoms with E-state index < -0.39 is 0 Å². The van der Waals surface area contributed by atoms with E-state index in [9.17, 15) is 4.79 Å². The second-order valence-corrected chi connectivity index (χ2v) is 5.05. The third kappa shape index (κ3) is 1.67. The Morgan fingerprint density at radius 3 is 2.21 bits per heavy atom. The zero-order valence-corrected chi connectivity index (χ0v) is 9.33. The molecule has 2 saturated carbocycles. The van der Waals surface area contributed by atoms with Crippen molar-refractivity contribution in [2.45, 2.75) is 51.5 Å². The van der Waals surface area contributed by atoms with Gasteiger partial charge in [-0.2, -0.15) is 0 Å². The van der Waals surface area contributed by atoms with Gasteiger partial charge in [0, 0.05) is 19.0 Å². The van der Waals surface area contributed by atoms with Crippen molar-refractivity contribution in [2.24, 2.45) is 11.8 Å². The first-order valence-corrected chi connectivity index (χ1v) is 5.97. The lowest BCUT2D eigenvalue weighted by Crippen LogP contribution is -2.44. The Morgan fingerprint density at radius 1 is 1.14 bits per heavy atom. The molecular weight excluding hydrogens is 174 g/mol. The van der Waals surface area contributed by atoms with Crippen molar-refractivity contribution in [2.75, 3.05) is 7.05 Å². The number of amides is 1. The predicted molar refractivity (Wildman–Crippen MR) is 56.9 cm³/mol. The van der Waals surface area contributed by atoms with Crippen LogP contribution in [-0.4, -0.2) is 23.9 Å². The van der Waals surface area contributed by atoms with Crippen LogP contribution >= 0.6 is 0 Å². The van der Waals surface area contributed by atoms with Gasteiger partial charge in [0.1, 0.15) is 0 Å². The van der Waals surface area contributed by atoms with Gasteiger partial charge in [-0.15, -0.1) is 0 Å². The van der Waals surface area contributed by atoms with Crippen molar-refractivity contribution in [3.8, 4) is 0 Å². The summed E-state index contributed by atoms with van der Waals surface area (Å²) in [6.07, 6.45) is 7.37. The van der Waals surface area contributed by atoms with Crippen LogP contribution in [0.4, 0.5) is 0 Å². The van der Waals surface area contributed by atoms with Crippen LogP contribution < -0.4 is 0 Å². The molecule has 0 aromatic carbocycles. The van der Waals surface area contributed by atoms with Crippen LogP contribution in [0, 0.1) is 11.8 Å². The average Bonchev–Trinajstić information content (AvgIpc) is 2.47. The van der Waals surface area contributed by atoms with Crippen LogP contribution in [0.3, 0.4) is 0 Å². The van der Waals surface area contributed by atoms with E-state index >= 15 is 0 Å². The minimum atomic E-state index is 0.334. The smallest absolute Gasteiger partial charge is 0.225 e. The maximum atomic E-state index is 12.1. The summed E-state index contributed by atoms with van der Waals surface area (Å²) in [5.41, 5.74) is 0. The molecule has 0 spiro atoms. The highest BCUT2D eigenvalue weighted by molar-refractivity contribution is 5.79. The number of rotatable bonds is 2. The summed E-state index contributed by atoms with van der Waals surface area (Å²) < 4.78 is 0. The molecule has 0 heterocycles. The number of hydrogen-bond acceptors (Lipinski definition) is 1. The van der Waals surface area contributed by atoms with Crippen LogP contribution in [0.25, 0.3) is 0 Å². The van der Waals surface area contributed by atoms with Crippen molar-refractivity contribution in [1.82, 2.24) is 4.90 Å². The molecule has 0 aromatic heterocycles. The quantitative estimate of drug-likeness (QED) is 0.662. The molecule has 2 fully saturated rings. The molecule has 2 rings (SSSR count). The minimum absolute atomic E-state index is 0.334. The maximum Gasteiger partial charge on any atom is 0.225 e. The summed E-state index contributed by atoms with van der Waals surface area (Å²) in [4.78, 5) is 14.1. The molecule has 2 aliphatic rings. The summed E-state index contributed by atoms with van der Waals surface area (Å²) in [5, 5.41) is 0. The molecule has 2 heteroatoms. The van der Waals surface area contributed by atoms with Gasteiger partial charge in [0.15, 0.2) is 0 Å². The Kier molecular flexibility index (Phi) is 2.80. The van der Waals surface area contributed by atoms with E-state index in [1.165, 1.54) is 32.1 Å². The van der Waals surface area contributed by atoms with Gasteiger partial charge in [0.2, 0.25) is 5.91 Å². The number of carbonyl (C=O) groups is 1. The summed E-state index contributed by atoms with van der Waals surface area (Å²) in [7, 11) is 2.00. The Morgan fingerprint density at radius 2 is 1.79 bits per heavy atom. The first-order chi connectivity index (χ1) is 6.70. The fourth-order valence-electron chi connectivity index (χ4n) is 2.73. The number of hydrogen-bond donors (Lipinski definition) is 0. The summed E-state index contributed by atoms with van der Waals surface area (Å²) in [6.45, 7) is 2.23. The Balaban J connectivity index is 1.92. The zero-order chi connectivity index (χ0) is 10.1. The van der Waals surface area contributed by atoms with Crippen LogP contribution in [0.15, 0.2) is 0 Å². The minimum Gasteiger partial charge on any atom is -0.343 e. The SMILES string of the molecule is CC1CCCC1C(=O)N(C)C1CCC1. The number of nitrogens with zero attached hydrogens (tertiary/aromatic N) is 1. The first kappa shape index (κ1) is 10.0. The van der Waals surface area contributed by atoms with E-state index in [0.29, 0.717) is 23.8 Å². The molecule has 2 nitrogen and oxygen atoms in total. The van der Waals surface area contributed by atoms with E-state index in [1.54, 1.807) is 0 Å². The Bertz CT molecular complexity index is 222. The lowest BCUT2D eigenvalue weighted by Gasteiger charge is -2.36. The van der Waals surface area contributed by atoms with Gasteiger partial charge in [-0.1, -0.05) is 13.3 Å². The highest BCUT2D eigenvalue weighted by Gasteiger charge is 2.35. The highest BCUT2D eigenvalue weighted by Crippen LogP contribution is 2.34. The van der Waals surface area contributed by atoms with Gasteiger partial charge in [-0.25, -0.2) is 0 Å². The van der Waals surface area contributed by atoms with E-state index in [4.69, 9.17) is 0 Å². The molecule has 0 aliphatic heterocycles. The molecule has 80 valence electrons. The van der Waals surface area contributed by atoms with Crippen molar-refractivity contribution in [1.29, 1.82) is 0 Å². The fourth-order valence-corrected chi connectivity index (χ4v) is 2.73. The van der Waals surface area contributed by atoms with Gasteiger partial charge >= 0.3 is 0 Å². The molecular formula is C12H21NO. The van der Waals surface area contributed by atoms with Crippen LogP contribution in [0.1, 0.15) is 45.4 Å². The van der Waals surface area contributed by atoms with E-state index in [-0.39, 0.29) is 0 Å². The number of carbonyl (C=O) groups excluding carboxylic acids is 1. The lowest BCUT2D eigenvalue weighted by molar-refractivity contribution is -0.138. The first-order valence-electron chi connectivity index (χ1n) is 5.97. The Hall–Kier alpha value is -0.530. The highest BCUT2D eigenvalue weighted by atomic mass is 16.2. The van der Waals surface area contributed by atoms with Crippen LogP contribution in [0.5, 0.6) is 0 Å². The second-order valence-electron chi connectivity index (χ2n) is 5.05. The molecule has 2 atom stereocenters. The third-order valence-corrected chi connectivity index (χ3v) is 4.15. The molecule has 0 bridgehead atoms. The second kappa shape index (κ2) is 3.92. The monoisotopic (exact) mass is 195 g/mol. The van der Waals surface area contributed by atoms with Crippen molar-refractivity contribution < 1.29 is 4.79 Å².